The van der Waals surface area contributed by atoms with E-state index in [1.165, 1.54) is 10.5 Å². The Hall–Kier alpha value is -0.470. The summed E-state index contributed by atoms with van der Waals surface area (Å²) < 4.78 is 0. The van der Waals surface area contributed by atoms with Gasteiger partial charge in [0.2, 0.25) is 0 Å². The molecule has 1 nitrogen and oxygen atoms in total. The molecule has 0 spiro atoms. The highest BCUT2D eigenvalue weighted by molar-refractivity contribution is 7.99. The van der Waals surface area contributed by atoms with Crippen molar-refractivity contribution in [3.8, 4) is 0 Å². The predicted molar refractivity (Wildman–Crippen MR) is 67.4 cm³/mol. The zero-order valence-corrected chi connectivity index (χ0v) is 10.8. The quantitative estimate of drug-likeness (QED) is 0.793. The molecule has 0 aliphatic heterocycles. The third-order valence-corrected chi connectivity index (χ3v) is 3.52. The van der Waals surface area contributed by atoms with Crippen molar-refractivity contribution in [3.63, 3.8) is 0 Å². The second kappa shape index (κ2) is 5.04. The first kappa shape index (κ1) is 12.6. The van der Waals surface area contributed by atoms with Crippen molar-refractivity contribution in [2.45, 2.75) is 38.7 Å². The van der Waals surface area contributed by atoms with Crippen molar-refractivity contribution in [2.24, 2.45) is 5.41 Å². The van der Waals surface area contributed by atoms with Crippen molar-refractivity contribution in [1.29, 1.82) is 0 Å². The summed E-state index contributed by atoms with van der Waals surface area (Å²) in [6.07, 6.45) is -0.260. The van der Waals surface area contributed by atoms with Gasteiger partial charge in [-0.1, -0.05) is 38.5 Å². The molecule has 0 aromatic heterocycles. The number of aliphatic hydroxyl groups excluding tert-OH is 1. The molecule has 0 radical (unpaired) electrons. The van der Waals surface area contributed by atoms with Crippen molar-refractivity contribution in [3.05, 3.63) is 29.8 Å². The molecule has 15 heavy (non-hydrogen) atoms. The average molecular weight is 224 g/mol. The fourth-order valence-electron chi connectivity index (χ4n) is 1.06. The SMILES string of the molecule is Cc1ccc(SCC(O)C(C)(C)C)cc1. The molecule has 0 aliphatic rings. The maximum absolute atomic E-state index is 9.88. The normalized spacial score (nSPS) is 13.9. The van der Waals surface area contributed by atoms with E-state index < -0.39 is 0 Å². The number of benzene rings is 1. The zero-order valence-electron chi connectivity index (χ0n) is 9.95. The van der Waals surface area contributed by atoms with Gasteiger partial charge in [-0.15, -0.1) is 11.8 Å². The lowest BCUT2D eigenvalue weighted by Crippen LogP contribution is -2.28. The van der Waals surface area contributed by atoms with Crippen molar-refractivity contribution < 1.29 is 5.11 Å². The van der Waals surface area contributed by atoms with Gasteiger partial charge in [-0.2, -0.15) is 0 Å². The fourth-order valence-corrected chi connectivity index (χ4v) is 2.24. The van der Waals surface area contributed by atoms with Crippen LogP contribution in [0.5, 0.6) is 0 Å². The van der Waals surface area contributed by atoms with Crippen LogP contribution < -0.4 is 0 Å². The van der Waals surface area contributed by atoms with Crippen LogP contribution in [-0.4, -0.2) is 17.0 Å². The van der Waals surface area contributed by atoms with Gasteiger partial charge < -0.3 is 5.11 Å². The summed E-state index contributed by atoms with van der Waals surface area (Å²) in [6, 6.07) is 8.42. The molecule has 1 unspecified atom stereocenters. The van der Waals surface area contributed by atoms with E-state index in [-0.39, 0.29) is 11.5 Å². The second-order valence-corrected chi connectivity index (χ2v) is 6.10. The first-order valence-corrected chi connectivity index (χ1v) is 6.25. The van der Waals surface area contributed by atoms with Gasteiger partial charge in [0.05, 0.1) is 6.10 Å². The van der Waals surface area contributed by atoms with Crippen LogP contribution in [0.2, 0.25) is 0 Å². The topological polar surface area (TPSA) is 20.2 Å². The smallest absolute Gasteiger partial charge is 0.0682 e. The molecule has 1 N–H and O–H groups in total. The number of hydrogen-bond donors (Lipinski definition) is 1. The average Bonchev–Trinajstić information content (AvgIpc) is 2.15. The van der Waals surface area contributed by atoms with E-state index in [9.17, 15) is 5.11 Å². The lowest BCUT2D eigenvalue weighted by atomic mass is 9.90. The molecule has 0 saturated heterocycles. The zero-order chi connectivity index (χ0) is 11.5. The summed E-state index contributed by atoms with van der Waals surface area (Å²) in [5.74, 6) is 0.757. The Morgan fingerprint density at radius 1 is 1.20 bits per heavy atom. The van der Waals surface area contributed by atoms with Crippen LogP contribution in [0.4, 0.5) is 0 Å². The number of aryl methyl sites for hydroxylation is 1. The molecule has 0 saturated carbocycles. The number of hydrogen-bond acceptors (Lipinski definition) is 2. The molecule has 0 amide bonds. The molecule has 1 aromatic rings. The van der Waals surface area contributed by atoms with E-state index in [1.54, 1.807) is 11.8 Å². The van der Waals surface area contributed by atoms with Crippen LogP contribution in [-0.2, 0) is 0 Å². The van der Waals surface area contributed by atoms with Crippen LogP contribution in [0.25, 0.3) is 0 Å². The highest BCUT2D eigenvalue weighted by Gasteiger charge is 2.21. The monoisotopic (exact) mass is 224 g/mol. The highest BCUT2D eigenvalue weighted by atomic mass is 32.2. The summed E-state index contributed by atoms with van der Waals surface area (Å²) in [7, 11) is 0. The molecule has 1 atom stereocenters. The molecule has 84 valence electrons. The van der Waals surface area contributed by atoms with Crippen LogP contribution >= 0.6 is 11.8 Å². The predicted octanol–water partition coefficient (Wildman–Crippen LogP) is 3.49. The van der Waals surface area contributed by atoms with E-state index >= 15 is 0 Å². The lowest BCUT2D eigenvalue weighted by molar-refractivity contribution is 0.0843. The minimum atomic E-state index is -0.260. The first-order valence-electron chi connectivity index (χ1n) is 5.27. The Labute approximate surface area is 96.9 Å². The van der Waals surface area contributed by atoms with Gasteiger partial charge in [0.25, 0.3) is 0 Å². The van der Waals surface area contributed by atoms with Gasteiger partial charge in [-0.25, -0.2) is 0 Å². The molecule has 1 rings (SSSR count). The van der Waals surface area contributed by atoms with E-state index in [4.69, 9.17) is 0 Å². The summed E-state index contributed by atoms with van der Waals surface area (Å²) in [5.41, 5.74) is 1.24. The molecular weight excluding hydrogens is 204 g/mol. The molecule has 0 bridgehead atoms. The van der Waals surface area contributed by atoms with Crippen molar-refractivity contribution in [2.75, 3.05) is 5.75 Å². The molecule has 2 heteroatoms. The van der Waals surface area contributed by atoms with Gasteiger partial charge in [0.1, 0.15) is 0 Å². The molecule has 0 aliphatic carbocycles. The van der Waals surface area contributed by atoms with Gasteiger partial charge >= 0.3 is 0 Å². The third kappa shape index (κ3) is 4.27. The van der Waals surface area contributed by atoms with Crippen molar-refractivity contribution in [1.82, 2.24) is 0 Å². The van der Waals surface area contributed by atoms with Gasteiger partial charge in [0.15, 0.2) is 0 Å². The first-order chi connectivity index (χ1) is 6.89. The maximum atomic E-state index is 9.88. The fraction of sp³-hybridized carbons (Fsp3) is 0.538. The maximum Gasteiger partial charge on any atom is 0.0682 e. The Morgan fingerprint density at radius 3 is 2.20 bits per heavy atom. The third-order valence-electron chi connectivity index (χ3n) is 2.43. The lowest BCUT2D eigenvalue weighted by Gasteiger charge is -2.25. The van der Waals surface area contributed by atoms with Crippen LogP contribution in [0.1, 0.15) is 26.3 Å². The summed E-state index contributed by atoms with van der Waals surface area (Å²) in [4.78, 5) is 1.23. The Bertz CT molecular complexity index is 297. The van der Waals surface area contributed by atoms with Crippen molar-refractivity contribution >= 4 is 11.8 Å². The standard InChI is InChI=1S/C13H20OS/c1-10-5-7-11(8-6-10)15-9-12(14)13(2,3)4/h5-8,12,14H,9H2,1-4H3. The van der Waals surface area contributed by atoms with E-state index in [0.717, 1.165) is 5.75 Å². The van der Waals surface area contributed by atoms with Crippen LogP contribution in [0.3, 0.4) is 0 Å². The minimum Gasteiger partial charge on any atom is -0.392 e. The Kier molecular flexibility index (Phi) is 4.23. The summed E-state index contributed by atoms with van der Waals surface area (Å²) >= 11 is 1.71. The number of aliphatic hydroxyl groups is 1. The van der Waals surface area contributed by atoms with Crippen LogP contribution in [0.15, 0.2) is 29.2 Å². The molecule has 1 aromatic carbocycles. The number of rotatable bonds is 3. The number of thioether (sulfide) groups is 1. The summed E-state index contributed by atoms with van der Waals surface area (Å²) in [6.45, 7) is 8.27. The van der Waals surface area contributed by atoms with Gasteiger partial charge in [0, 0.05) is 10.6 Å². The second-order valence-electron chi connectivity index (χ2n) is 5.01. The highest BCUT2D eigenvalue weighted by Crippen LogP contribution is 2.26. The van der Waals surface area contributed by atoms with Gasteiger partial charge in [-0.3, -0.25) is 0 Å². The van der Waals surface area contributed by atoms with E-state index in [0.29, 0.717) is 0 Å². The largest absolute Gasteiger partial charge is 0.392 e. The van der Waals surface area contributed by atoms with Crippen LogP contribution in [0, 0.1) is 12.3 Å². The Morgan fingerprint density at radius 2 is 1.73 bits per heavy atom. The Balaban J connectivity index is 2.47. The summed E-state index contributed by atoms with van der Waals surface area (Å²) in [5, 5.41) is 9.88. The minimum absolute atomic E-state index is 0.0301. The van der Waals surface area contributed by atoms with E-state index in [2.05, 4.69) is 52.0 Å². The van der Waals surface area contributed by atoms with E-state index in [1.807, 2.05) is 0 Å². The van der Waals surface area contributed by atoms with Gasteiger partial charge in [-0.05, 0) is 24.5 Å². The molecular formula is C13H20OS. The molecule has 0 fully saturated rings. The molecule has 0 heterocycles.